The molecule has 5 unspecified atom stereocenters. The molecule has 0 bridgehead atoms. The van der Waals surface area contributed by atoms with Crippen molar-refractivity contribution >= 4 is 5.91 Å². The van der Waals surface area contributed by atoms with Crippen molar-refractivity contribution in [3.8, 4) is 11.6 Å². The molecule has 2 aromatic heterocycles. The van der Waals surface area contributed by atoms with E-state index in [-0.39, 0.29) is 35.9 Å². The van der Waals surface area contributed by atoms with Crippen molar-refractivity contribution in [2.45, 2.75) is 64.1 Å². The summed E-state index contributed by atoms with van der Waals surface area (Å²) in [5.41, 5.74) is 0.114. The van der Waals surface area contributed by atoms with E-state index in [1.54, 1.807) is 30.2 Å². The van der Waals surface area contributed by atoms with E-state index in [9.17, 15) is 18.0 Å². The Morgan fingerprint density at radius 2 is 1.86 bits per heavy atom. The number of likely N-dealkylation sites (tertiary alicyclic amines) is 1. The van der Waals surface area contributed by atoms with E-state index in [0.29, 0.717) is 24.1 Å². The normalized spacial score (nSPS) is 21.6. The highest BCUT2D eigenvalue weighted by Crippen LogP contribution is 2.38. The van der Waals surface area contributed by atoms with Gasteiger partial charge in [0.05, 0.1) is 47.4 Å². The molecule has 1 aliphatic rings. The summed E-state index contributed by atoms with van der Waals surface area (Å²) in [6, 6.07) is 8.64. The Morgan fingerprint density at radius 3 is 2.46 bits per heavy atom. The number of rotatable bonds is 8. The molecule has 8 nitrogen and oxygen atoms in total. The van der Waals surface area contributed by atoms with E-state index in [4.69, 9.17) is 9.47 Å². The van der Waals surface area contributed by atoms with Gasteiger partial charge in [0.2, 0.25) is 5.88 Å². The predicted octanol–water partition coefficient (Wildman–Crippen LogP) is 4.79. The van der Waals surface area contributed by atoms with Gasteiger partial charge < -0.3 is 14.4 Å². The molecular formula is C26H30F3N5O3. The third-order valence-corrected chi connectivity index (χ3v) is 6.90. The summed E-state index contributed by atoms with van der Waals surface area (Å²) >= 11 is 0. The minimum Gasteiger partial charge on any atom is -0.472 e. The lowest BCUT2D eigenvalue weighted by molar-refractivity contribution is -0.137. The van der Waals surface area contributed by atoms with Gasteiger partial charge in [0.15, 0.2) is 0 Å². The maximum atomic E-state index is 14.2. The molecular weight excluding hydrogens is 487 g/mol. The maximum Gasteiger partial charge on any atom is 0.417 e. The highest BCUT2D eigenvalue weighted by Gasteiger charge is 2.48. The van der Waals surface area contributed by atoms with Crippen molar-refractivity contribution in [2.24, 2.45) is 5.92 Å². The number of hydrogen-bond donors (Lipinski definition) is 0. The van der Waals surface area contributed by atoms with Gasteiger partial charge in [-0.25, -0.2) is 4.98 Å². The van der Waals surface area contributed by atoms with Gasteiger partial charge in [-0.1, -0.05) is 26.0 Å². The summed E-state index contributed by atoms with van der Waals surface area (Å²) in [7, 11) is 1.61. The van der Waals surface area contributed by atoms with Gasteiger partial charge in [-0.05, 0) is 43.9 Å². The molecule has 1 amide bonds. The van der Waals surface area contributed by atoms with E-state index in [0.717, 1.165) is 12.3 Å². The van der Waals surface area contributed by atoms with Crippen molar-refractivity contribution in [2.75, 3.05) is 7.11 Å². The molecule has 5 atom stereocenters. The number of ether oxygens (including phenoxy) is 2. The van der Waals surface area contributed by atoms with Crippen LogP contribution in [0.4, 0.5) is 13.2 Å². The molecule has 1 aliphatic heterocycles. The molecule has 0 N–H and O–H groups in total. The Hall–Kier alpha value is -3.47. The number of nitrogens with zero attached hydrogens (tertiary/aromatic N) is 5. The Morgan fingerprint density at radius 1 is 1.16 bits per heavy atom. The summed E-state index contributed by atoms with van der Waals surface area (Å²) in [5.74, 6) is -0.0695. The van der Waals surface area contributed by atoms with Crippen molar-refractivity contribution < 1.29 is 27.4 Å². The summed E-state index contributed by atoms with van der Waals surface area (Å²) in [5, 5.41) is 8.38. The van der Waals surface area contributed by atoms with Crippen LogP contribution in [0, 0.1) is 5.92 Å². The van der Waals surface area contributed by atoms with Crippen LogP contribution in [0.15, 0.2) is 55.0 Å². The van der Waals surface area contributed by atoms with E-state index in [1.807, 2.05) is 19.9 Å². The fraction of sp³-hybridized carbons (Fsp3) is 0.462. The number of carbonyl (C=O) groups is 1. The Balaban J connectivity index is 1.69. The fourth-order valence-corrected chi connectivity index (χ4v) is 5.09. The van der Waals surface area contributed by atoms with Crippen LogP contribution in [0.1, 0.15) is 49.5 Å². The van der Waals surface area contributed by atoms with Crippen molar-refractivity contribution in [1.29, 1.82) is 0 Å². The van der Waals surface area contributed by atoms with E-state index >= 15 is 0 Å². The first-order valence-electron chi connectivity index (χ1n) is 12.2. The van der Waals surface area contributed by atoms with Gasteiger partial charge in [-0.15, -0.1) is 0 Å². The van der Waals surface area contributed by atoms with E-state index < -0.39 is 17.8 Å². The lowest BCUT2D eigenvalue weighted by Crippen LogP contribution is -2.52. The summed E-state index contributed by atoms with van der Waals surface area (Å²) in [6.45, 7) is 5.89. The van der Waals surface area contributed by atoms with Crippen LogP contribution in [0.2, 0.25) is 0 Å². The zero-order chi connectivity index (χ0) is 26.7. The molecule has 4 rings (SSSR count). The zero-order valence-corrected chi connectivity index (χ0v) is 21.1. The average Bonchev–Trinajstić information content (AvgIpc) is 3.54. The van der Waals surface area contributed by atoms with E-state index in [1.165, 1.54) is 23.3 Å². The Labute approximate surface area is 213 Å². The molecule has 11 heteroatoms. The highest BCUT2D eigenvalue weighted by molar-refractivity contribution is 5.98. The summed E-state index contributed by atoms with van der Waals surface area (Å²) in [6.07, 6.45) is -0.275. The number of para-hydroxylation sites is 1. The molecule has 0 radical (unpaired) electrons. The standard InChI is InChI=1S/C26H30F3N5O3/c1-5-22(37-23-11-10-18(15-30-23)26(27,28)29)21-14-16(2)24(17(3)36-4)33(21)25(35)19-8-6-7-9-20(19)34-31-12-13-32-34/h6-13,15-17,21-22,24H,5,14H2,1-4H3. The molecule has 0 aliphatic carbocycles. The summed E-state index contributed by atoms with van der Waals surface area (Å²) < 4.78 is 50.7. The molecule has 0 saturated carbocycles. The number of alkyl halides is 3. The van der Waals surface area contributed by atoms with Gasteiger partial charge in [-0.3, -0.25) is 4.79 Å². The Kier molecular flexibility index (Phi) is 7.82. The first-order chi connectivity index (χ1) is 17.7. The number of hydrogen-bond acceptors (Lipinski definition) is 6. The van der Waals surface area contributed by atoms with Gasteiger partial charge in [0.1, 0.15) is 6.10 Å². The third kappa shape index (κ3) is 5.46. The molecule has 3 aromatic rings. The fourth-order valence-electron chi connectivity index (χ4n) is 5.09. The van der Waals surface area contributed by atoms with Crippen LogP contribution in [-0.4, -0.2) is 62.2 Å². The number of pyridine rings is 1. The molecule has 37 heavy (non-hydrogen) atoms. The van der Waals surface area contributed by atoms with Crippen LogP contribution in [0.5, 0.6) is 5.88 Å². The number of benzene rings is 1. The number of halogens is 3. The smallest absolute Gasteiger partial charge is 0.417 e. The maximum absolute atomic E-state index is 14.2. The lowest BCUT2D eigenvalue weighted by Gasteiger charge is -2.37. The number of amides is 1. The number of carbonyl (C=O) groups excluding carboxylic acids is 1. The highest BCUT2D eigenvalue weighted by atomic mass is 19.4. The van der Waals surface area contributed by atoms with Crippen LogP contribution in [0.25, 0.3) is 5.69 Å². The molecule has 1 aromatic carbocycles. The zero-order valence-electron chi connectivity index (χ0n) is 21.1. The second-order valence-electron chi connectivity index (χ2n) is 9.21. The first-order valence-corrected chi connectivity index (χ1v) is 12.2. The monoisotopic (exact) mass is 517 g/mol. The topological polar surface area (TPSA) is 82.4 Å². The van der Waals surface area contributed by atoms with Gasteiger partial charge in [0.25, 0.3) is 5.91 Å². The summed E-state index contributed by atoms with van der Waals surface area (Å²) in [4.78, 5) is 21.3. The molecule has 198 valence electrons. The molecule has 1 saturated heterocycles. The van der Waals surface area contributed by atoms with Gasteiger partial charge >= 0.3 is 6.18 Å². The van der Waals surface area contributed by atoms with Crippen LogP contribution in [-0.2, 0) is 10.9 Å². The third-order valence-electron chi connectivity index (χ3n) is 6.90. The first kappa shape index (κ1) is 26.6. The second kappa shape index (κ2) is 10.9. The lowest BCUT2D eigenvalue weighted by atomic mass is 9.96. The number of methoxy groups -OCH3 is 1. The number of aromatic nitrogens is 4. The van der Waals surface area contributed by atoms with Crippen molar-refractivity contribution in [3.05, 3.63) is 66.1 Å². The van der Waals surface area contributed by atoms with Crippen molar-refractivity contribution in [1.82, 2.24) is 24.9 Å². The largest absolute Gasteiger partial charge is 0.472 e. The molecule has 3 heterocycles. The van der Waals surface area contributed by atoms with E-state index in [2.05, 4.69) is 22.1 Å². The SMILES string of the molecule is CCC(Oc1ccc(C(F)(F)F)cn1)C1CC(C)C(C(C)OC)N1C(=O)c1ccccc1-n1nccn1. The average molecular weight is 518 g/mol. The quantitative estimate of drug-likeness (QED) is 0.427. The second-order valence-corrected chi connectivity index (χ2v) is 9.21. The minimum absolute atomic E-state index is 0.0734. The van der Waals surface area contributed by atoms with Crippen LogP contribution in [0.3, 0.4) is 0 Å². The van der Waals surface area contributed by atoms with Crippen molar-refractivity contribution in [3.63, 3.8) is 0 Å². The minimum atomic E-state index is -4.49. The molecule has 0 spiro atoms. The predicted molar refractivity (Wildman–Crippen MR) is 129 cm³/mol. The van der Waals surface area contributed by atoms with Gasteiger partial charge in [0, 0.05) is 19.4 Å². The Bertz CT molecular complexity index is 1190. The van der Waals surface area contributed by atoms with Crippen LogP contribution < -0.4 is 4.74 Å². The van der Waals surface area contributed by atoms with Crippen LogP contribution >= 0.6 is 0 Å². The molecule has 1 fully saturated rings. The van der Waals surface area contributed by atoms with Gasteiger partial charge in [-0.2, -0.15) is 28.2 Å².